The third-order valence-electron chi connectivity index (χ3n) is 3.98. The lowest BCUT2D eigenvalue weighted by Crippen LogP contribution is -2.30. The zero-order valence-electron chi connectivity index (χ0n) is 15.8. The molecule has 2 amide bonds. The van der Waals surface area contributed by atoms with Crippen molar-refractivity contribution in [1.29, 1.82) is 0 Å². The molecular formula is C21H17N3O6. The van der Waals surface area contributed by atoms with Crippen molar-refractivity contribution in [2.45, 2.75) is 0 Å². The molecule has 2 aromatic carbocycles. The minimum atomic E-state index is -0.637. The van der Waals surface area contributed by atoms with Crippen molar-refractivity contribution < 1.29 is 23.7 Å². The van der Waals surface area contributed by atoms with Gasteiger partial charge >= 0.3 is 0 Å². The average molecular weight is 407 g/mol. The van der Waals surface area contributed by atoms with Crippen molar-refractivity contribution in [3.8, 4) is 5.75 Å². The molecule has 3 aromatic rings. The predicted octanol–water partition coefficient (Wildman–Crippen LogP) is 3.61. The molecule has 30 heavy (non-hydrogen) atoms. The molecule has 0 unspecified atom stereocenters. The van der Waals surface area contributed by atoms with E-state index in [1.165, 1.54) is 49.8 Å². The first-order valence-electron chi connectivity index (χ1n) is 8.72. The van der Waals surface area contributed by atoms with Crippen molar-refractivity contribution in [2.24, 2.45) is 0 Å². The molecule has 3 rings (SSSR count). The van der Waals surface area contributed by atoms with Crippen LogP contribution in [0.1, 0.15) is 16.1 Å². The van der Waals surface area contributed by atoms with Crippen LogP contribution in [0.3, 0.4) is 0 Å². The van der Waals surface area contributed by atoms with E-state index in [0.29, 0.717) is 17.0 Å². The Kier molecular flexibility index (Phi) is 6.23. The molecule has 0 aliphatic carbocycles. The van der Waals surface area contributed by atoms with Gasteiger partial charge in [0.2, 0.25) is 0 Å². The van der Waals surface area contributed by atoms with Crippen molar-refractivity contribution in [3.05, 3.63) is 94.1 Å². The Hall–Kier alpha value is -4.40. The number of hydrogen-bond acceptors (Lipinski definition) is 6. The van der Waals surface area contributed by atoms with Gasteiger partial charge in [-0.15, -0.1) is 0 Å². The molecule has 2 N–H and O–H groups in total. The number of nitrogens with one attached hydrogen (secondary N) is 2. The molecular weight excluding hydrogens is 390 g/mol. The summed E-state index contributed by atoms with van der Waals surface area (Å²) in [6.07, 6.45) is 2.67. The van der Waals surface area contributed by atoms with Crippen LogP contribution in [0, 0.1) is 10.1 Å². The molecule has 0 spiro atoms. The standard InChI is InChI=1S/C21H17N3O6/c1-29-17-9-7-15(8-10-17)22-20(25)18(23-21(26)19-6-3-11-30-19)13-14-4-2-5-16(12-14)24(27)28/h2-13H,1H3,(H,22,25)(H,23,26)/b18-13-. The number of furan rings is 1. The number of benzene rings is 2. The van der Waals surface area contributed by atoms with Crippen LogP contribution in [-0.2, 0) is 4.79 Å². The fourth-order valence-corrected chi connectivity index (χ4v) is 2.52. The first-order valence-corrected chi connectivity index (χ1v) is 8.72. The van der Waals surface area contributed by atoms with Gasteiger partial charge in [0.1, 0.15) is 11.4 Å². The molecule has 0 saturated carbocycles. The topological polar surface area (TPSA) is 124 Å². The van der Waals surface area contributed by atoms with E-state index in [0.717, 1.165) is 0 Å². The maximum atomic E-state index is 12.8. The van der Waals surface area contributed by atoms with Crippen molar-refractivity contribution >= 4 is 29.3 Å². The molecule has 9 heteroatoms. The molecule has 0 aliphatic heterocycles. The number of hydrogen-bond donors (Lipinski definition) is 2. The number of nitro benzene ring substituents is 1. The summed E-state index contributed by atoms with van der Waals surface area (Å²) in [7, 11) is 1.53. The summed E-state index contributed by atoms with van der Waals surface area (Å²) >= 11 is 0. The summed E-state index contributed by atoms with van der Waals surface area (Å²) in [5, 5.41) is 16.2. The molecule has 0 saturated heterocycles. The van der Waals surface area contributed by atoms with Gasteiger partial charge < -0.3 is 19.8 Å². The number of anilines is 1. The molecule has 1 aromatic heterocycles. The van der Waals surface area contributed by atoms with Gasteiger partial charge in [-0.1, -0.05) is 12.1 Å². The molecule has 0 fully saturated rings. The first kappa shape index (κ1) is 20.3. The van der Waals surface area contributed by atoms with Crippen LogP contribution in [0.4, 0.5) is 11.4 Å². The van der Waals surface area contributed by atoms with Crippen LogP contribution in [0.15, 0.2) is 77.0 Å². The fraction of sp³-hybridized carbons (Fsp3) is 0.0476. The van der Waals surface area contributed by atoms with E-state index in [2.05, 4.69) is 10.6 Å². The molecule has 0 radical (unpaired) electrons. The van der Waals surface area contributed by atoms with Crippen molar-refractivity contribution in [2.75, 3.05) is 12.4 Å². The van der Waals surface area contributed by atoms with Gasteiger partial charge in [-0.05, 0) is 48.0 Å². The van der Waals surface area contributed by atoms with Gasteiger partial charge in [0.15, 0.2) is 5.76 Å². The highest BCUT2D eigenvalue weighted by Crippen LogP contribution is 2.18. The highest BCUT2D eigenvalue weighted by Gasteiger charge is 2.17. The molecule has 0 atom stereocenters. The first-order chi connectivity index (χ1) is 14.5. The van der Waals surface area contributed by atoms with E-state index in [1.54, 1.807) is 30.3 Å². The Morgan fingerprint density at radius 2 is 1.87 bits per heavy atom. The number of carbonyl (C=O) groups excluding carboxylic acids is 2. The maximum absolute atomic E-state index is 12.8. The number of nitrogens with zero attached hydrogens (tertiary/aromatic N) is 1. The number of non-ortho nitro benzene ring substituents is 1. The van der Waals surface area contributed by atoms with Gasteiger partial charge in [0.05, 0.1) is 18.3 Å². The SMILES string of the molecule is COc1ccc(NC(=O)/C(=C/c2cccc([N+](=O)[O-])c2)NC(=O)c2ccco2)cc1. The summed E-state index contributed by atoms with van der Waals surface area (Å²) in [5.41, 5.74) is 0.575. The second-order valence-corrected chi connectivity index (χ2v) is 6.02. The zero-order chi connectivity index (χ0) is 21.5. The maximum Gasteiger partial charge on any atom is 0.291 e. The van der Waals surface area contributed by atoms with Gasteiger partial charge in [0.25, 0.3) is 17.5 Å². The normalized spacial score (nSPS) is 10.9. The molecule has 0 aliphatic rings. The fourth-order valence-electron chi connectivity index (χ4n) is 2.52. The number of methoxy groups -OCH3 is 1. The van der Waals surface area contributed by atoms with E-state index in [-0.39, 0.29) is 17.1 Å². The molecule has 152 valence electrons. The van der Waals surface area contributed by atoms with Gasteiger partial charge in [-0.3, -0.25) is 19.7 Å². The summed E-state index contributed by atoms with van der Waals surface area (Å²) < 4.78 is 10.1. The third-order valence-corrected chi connectivity index (χ3v) is 3.98. The monoisotopic (exact) mass is 407 g/mol. The molecule has 1 heterocycles. The Bertz CT molecular complexity index is 1090. The number of nitro groups is 1. The minimum absolute atomic E-state index is 0.0113. The van der Waals surface area contributed by atoms with Crippen molar-refractivity contribution in [3.63, 3.8) is 0 Å². The van der Waals surface area contributed by atoms with Crippen LogP contribution in [-0.4, -0.2) is 23.8 Å². The largest absolute Gasteiger partial charge is 0.497 e. The van der Waals surface area contributed by atoms with Crippen LogP contribution in [0.25, 0.3) is 6.08 Å². The minimum Gasteiger partial charge on any atom is -0.497 e. The summed E-state index contributed by atoms with van der Waals surface area (Å²) in [6.45, 7) is 0. The van der Waals surface area contributed by atoms with Crippen LogP contribution in [0.2, 0.25) is 0 Å². The Balaban J connectivity index is 1.89. The van der Waals surface area contributed by atoms with E-state index in [9.17, 15) is 19.7 Å². The zero-order valence-corrected chi connectivity index (χ0v) is 15.8. The molecule has 9 nitrogen and oxygen atoms in total. The third kappa shape index (κ3) is 5.10. The van der Waals surface area contributed by atoms with Crippen molar-refractivity contribution in [1.82, 2.24) is 5.32 Å². The van der Waals surface area contributed by atoms with Gasteiger partial charge in [-0.2, -0.15) is 0 Å². The number of carbonyl (C=O) groups is 2. The highest BCUT2D eigenvalue weighted by molar-refractivity contribution is 6.10. The van der Waals surface area contributed by atoms with E-state index in [1.807, 2.05) is 0 Å². The number of ether oxygens (including phenoxy) is 1. The second kappa shape index (κ2) is 9.20. The second-order valence-electron chi connectivity index (χ2n) is 6.02. The average Bonchev–Trinajstić information content (AvgIpc) is 3.29. The lowest BCUT2D eigenvalue weighted by atomic mass is 10.1. The number of amides is 2. The Morgan fingerprint density at radius 3 is 2.50 bits per heavy atom. The Labute approximate surface area is 171 Å². The lowest BCUT2D eigenvalue weighted by Gasteiger charge is -2.11. The van der Waals surface area contributed by atoms with E-state index < -0.39 is 16.7 Å². The summed E-state index contributed by atoms with van der Waals surface area (Å²) in [5.74, 6) is -0.628. The van der Waals surface area contributed by atoms with Crippen LogP contribution < -0.4 is 15.4 Å². The summed E-state index contributed by atoms with van der Waals surface area (Å²) in [4.78, 5) is 35.6. The van der Waals surface area contributed by atoms with Crippen LogP contribution >= 0.6 is 0 Å². The quantitative estimate of drug-likeness (QED) is 0.350. The number of rotatable bonds is 7. The van der Waals surface area contributed by atoms with E-state index >= 15 is 0 Å². The van der Waals surface area contributed by atoms with Crippen LogP contribution in [0.5, 0.6) is 5.75 Å². The smallest absolute Gasteiger partial charge is 0.291 e. The van der Waals surface area contributed by atoms with E-state index in [4.69, 9.17) is 9.15 Å². The Morgan fingerprint density at radius 1 is 1.10 bits per heavy atom. The highest BCUT2D eigenvalue weighted by atomic mass is 16.6. The molecule has 0 bridgehead atoms. The van der Waals surface area contributed by atoms with Gasteiger partial charge in [0, 0.05) is 17.8 Å². The lowest BCUT2D eigenvalue weighted by molar-refractivity contribution is -0.384. The van der Waals surface area contributed by atoms with Gasteiger partial charge in [-0.25, -0.2) is 0 Å². The predicted molar refractivity (Wildman–Crippen MR) is 109 cm³/mol. The summed E-state index contributed by atoms with van der Waals surface area (Å²) in [6, 6.07) is 15.3.